The summed E-state index contributed by atoms with van der Waals surface area (Å²) in [7, 11) is 0. The topological polar surface area (TPSA) is 49.4 Å². The van der Waals surface area contributed by atoms with Crippen LogP contribution in [0.3, 0.4) is 0 Å². The van der Waals surface area contributed by atoms with Gasteiger partial charge in [-0.25, -0.2) is 0 Å². The maximum atomic E-state index is 12.9. The first-order valence-electron chi connectivity index (χ1n) is 8.28. The summed E-state index contributed by atoms with van der Waals surface area (Å²) < 4.78 is 0. The molecule has 1 fully saturated rings. The van der Waals surface area contributed by atoms with Crippen LogP contribution in [0, 0.1) is 6.92 Å². The molecule has 0 bridgehead atoms. The van der Waals surface area contributed by atoms with Gasteiger partial charge in [-0.1, -0.05) is 30.3 Å². The molecular formula is C19H22N2O2S. The lowest BCUT2D eigenvalue weighted by Gasteiger charge is -2.29. The molecule has 1 aliphatic heterocycles. The summed E-state index contributed by atoms with van der Waals surface area (Å²) in [5.74, 6) is -0.192. The van der Waals surface area contributed by atoms with Crippen LogP contribution in [0.1, 0.15) is 46.6 Å². The highest BCUT2D eigenvalue weighted by molar-refractivity contribution is 7.12. The maximum absolute atomic E-state index is 12.9. The van der Waals surface area contributed by atoms with Crippen LogP contribution in [-0.2, 0) is 4.79 Å². The standard InChI is InChI=1S/C19H22N2O2S/c1-13-7-3-4-8-15(13)16-9-5-11-21(16)19(23)14(2)20-18(22)17-10-6-12-24-17/h3-4,6-8,10,12,14,16H,5,9,11H2,1-2H3,(H,20,22)/t14-,16+/m0/s1. The van der Waals surface area contributed by atoms with Crippen molar-refractivity contribution in [3.8, 4) is 0 Å². The fourth-order valence-corrected chi connectivity index (χ4v) is 3.93. The molecule has 2 aromatic rings. The zero-order valence-corrected chi connectivity index (χ0v) is 14.8. The minimum absolute atomic E-state index is 0.00865. The molecule has 1 N–H and O–H groups in total. The van der Waals surface area contributed by atoms with Crippen LogP contribution in [0.2, 0.25) is 0 Å². The number of nitrogens with one attached hydrogen (secondary N) is 1. The van der Waals surface area contributed by atoms with Gasteiger partial charge in [-0.3, -0.25) is 9.59 Å². The van der Waals surface area contributed by atoms with E-state index in [0.717, 1.165) is 19.4 Å². The summed E-state index contributed by atoms with van der Waals surface area (Å²) in [6.07, 6.45) is 1.97. The molecule has 0 saturated carbocycles. The minimum Gasteiger partial charge on any atom is -0.340 e. The number of hydrogen-bond acceptors (Lipinski definition) is 3. The average molecular weight is 342 g/mol. The van der Waals surface area contributed by atoms with Crippen LogP contribution < -0.4 is 5.32 Å². The Kier molecular flexibility index (Phi) is 5.00. The van der Waals surface area contributed by atoms with Crippen molar-refractivity contribution in [2.75, 3.05) is 6.54 Å². The van der Waals surface area contributed by atoms with Gasteiger partial charge in [-0.05, 0) is 49.3 Å². The number of nitrogens with zero attached hydrogens (tertiary/aromatic N) is 1. The lowest BCUT2D eigenvalue weighted by Crippen LogP contribution is -2.46. The molecule has 126 valence electrons. The van der Waals surface area contributed by atoms with Crippen molar-refractivity contribution in [2.24, 2.45) is 0 Å². The summed E-state index contributed by atoms with van der Waals surface area (Å²) in [6, 6.07) is 11.4. The molecule has 2 amide bonds. The van der Waals surface area contributed by atoms with Gasteiger partial charge in [0.2, 0.25) is 5.91 Å². The van der Waals surface area contributed by atoms with E-state index < -0.39 is 6.04 Å². The van der Waals surface area contributed by atoms with Crippen molar-refractivity contribution in [3.63, 3.8) is 0 Å². The second-order valence-electron chi connectivity index (χ2n) is 6.22. The quantitative estimate of drug-likeness (QED) is 0.924. The fourth-order valence-electron chi connectivity index (χ4n) is 3.30. The van der Waals surface area contributed by atoms with Gasteiger partial charge >= 0.3 is 0 Å². The van der Waals surface area contributed by atoms with Crippen LogP contribution >= 0.6 is 11.3 Å². The van der Waals surface area contributed by atoms with Crippen molar-refractivity contribution in [3.05, 3.63) is 57.8 Å². The Morgan fingerprint density at radius 1 is 1.25 bits per heavy atom. The van der Waals surface area contributed by atoms with Crippen LogP contribution in [-0.4, -0.2) is 29.3 Å². The highest BCUT2D eigenvalue weighted by Gasteiger charge is 2.33. The van der Waals surface area contributed by atoms with Crippen LogP contribution in [0.15, 0.2) is 41.8 Å². The largest absolute Gasteiger partial charge is 0.340 e. The van der Waals surface area contributed by atoms with E-state index in [2.05, 4.69) is 24.4 Å². The van der Waals surface area contributed by atoms with Gasteiger partial charge < -0.3 is 10.2 Å². The molecule has 2 atom stereocenters. The van der Waals surface area contributed by atoms with Gasteiger partial charge in [-0.2, -0.15) is 0 Å². The fraction of sp³-hybridized carbons (Fsp3) is 0.368. The number of aryl methyl sites for hydroxylation is 1. The number of amides is 2. The number of benzene rings is 1. The third kappa shape index (κ3) is 3.36. The third-order valence-electron chi connectivity index (χ3n) is 4.55. The Balaban J connectivity index is 1.71. The van der Waals surface area contributed by atoms with Crippen molar-refractivity contribution in [1.82, 2.24) is 10.2 Å². The van der Waals surface area contributed by atoms with Gasteiger partial charge in [-0.15, -0.1) is 11.3 Å². The molecule has 24 heavy (non-hydrogen) atoms. The van der Waals surface area contributed by atoms with Crippen molar-refractivity contribution in [1.29, 1.82) is 0 Å². The van der Waals surface area contributed by atoms with E-state index in [4.69, 9.17) is 0 Å². The van der Waals surface area contributed by atoms with Crippen molar-refractivity contribution >= 4 is 23.2 Å². The number of carbonyl (C=O) groups excluding carboxylic acids is 2. The van der Waals surface area contributed by atoms with Crippen LogP contribution in [0.5, 0.6) is 0 Å². The molecule has 1 saturated heterocycles. The first-order chi connectivity index (χ1) is 11.6. The normalized spacial score (nSPS) is 18.4. The predicted molar refractivity (Wildman–Crippen MR) is 96.1 cm³/mol. The monoisotopic (exact) mass is 342 g/mol. The van der Waals surface area contributed by atoms with Gasteiger partial charge in [0.25, 0.3) is 5.91 Å². The van der Waals surface area contributed by atoms with E-state index in [9.17, 15) is 9.59 Å². The van der Waals surface area contributed by atoms with Crippen LogP contribution in [0.4, 0.5) is 0 Å². The van der Waals surface area contributed by atoms with E-state index in [1.807, 2.05) is 28.5 Å². The minimum atomic E-state index is -0.524. The molecule has 5 heteroatoms. The molecule has 0 radical (unpaired) electrons. The van der Waals surface area contributed by atoms with E-state index in [1.165, 1.54) is 22.5 Å². The Morgan fingerprint density at radius 3 is 2.75 bits per heavy atom. The molecule has 1 aliphatic rings. The Hall–Kier alpha value is -2.14. The first-order valence-corrected chi connectivity index (χ1v) is 9.16. The third-order valence-corrected chi connectivity index (χ3v) is 5.41. The molecular weight excluding hydrogens is 320 g/mol. The molecule has 3 rings (SSSR count). The predicted octanol–water partition coefficient (Wildman–Crippen LogP) is 3.54. The Labute approximate surface area is 146 Å². The number of rotatable bonds is 4. The summed E-state index contributed by atoms with van der Waals surface area (Å²) in [5.41, 5.74) is 2.41. The number of carbonyl (C=O) groups is 2. The molecule has 0 unspecified atom stereocenters. The summed E-state index contributed by atoms with van der Waals surface area (Å²) in [6.45, 7) is 4.59. The Bertz CT molecular complexity index is 727. The van der Waals surface area contributed by atoms with Gasteiger partial charge in [0.15, 0.2) is 0 Å². The van der Waals surface area contributed by atoms with Gasteiger partial charge in [0, 0.05) is 6.54 Å². The van der Waals surface area contributed by atoms with E-state index >= 15 is 0 Å². The zero-order chi connectivity index (χ0) is 17.1. The molecule has 0 spiro atoms. The zero-order valence-electron chi connectivity index (χ0n) is 14.0. The highest BCUT2D eigenvalue weighted by Crippen LogP contribution is 2.34. The molecule has 2 heterocycles. The van der Waals surface area contributed by atoms with E-state index in [1.54, 1.807) is 13.0 Å². The highest BCUT2D eigenvalue weighted by atomic mass is 32.1. The van der Waals surface area contributed by atoms with Crippen molar-refractivity contribution in [2.45, 2.75) is 38.8 Å². The lowest BCUT2D eigenvalue weighted by molar-refractivity contribution is -0.133. The number of thiophene rings is 1. The number of likely N-dealkylation sites (tertiary alicyclic amines) is 1. The smallest absolute Gasteiger partial charge is 0.261 e. The van der Waals surface area contributed by atoms with Crippen LogP contribution in [0.25, 0.3) is 0 Å². The maximum Gasteiger partial charge on any atom is 0.261 e. The Morgan fingerprint density at radius 2 is 2.04 bits per heavy atom. The number of hydrogen-bond donors (Lipinski definition) is 1. The van der Waals surface area contributed by atoms with Gasteiger partial charge in [0.05, 0.1) is 10.9 Å². The molecule has 4 nitrogen and oxygen atoms in total. The average Bonchev–Trinajstić information content (AvgIpc) is 3.26. The van der Waals surface area contributed by atoms with E-state index in [-0.39, 0.29) is 17.9 Å². The van der Waals surface area contributed by atoms with Gasteiger partial charge in [0.1, 0.15) is 6.04 Å². The summed E-state index contributed by atoms with van der Waals surface area (Å²) >= 11 is 1.38. The summed E-state index contributed by atoms with van der Waals surface area (Å²) in [4.78, 5) is 27.6. The molecule has 1 aromatic carbocycles. The SMILES string of the molecule is Cc1ccccc1[C@H]1CCCN1C(=O)[C@H](C)NC(=O)c1cccs1. The summed E-state index contributed by atoms with van der Waals surface area (Å²) in [5, 5.41) is 4.68. The molecule has 0 aliphatic carbocycles. The second-order valence-corrected chi connectivity index (χ2v) is 7.17. The second kappa shape index (κ2) is 7.18. The molecule has 1 aromatic heterocycles. The lowest BCUT2D eigenvalue weighted by atomic mass is 9.99. The van der Waals surface area contributed by atoms with E-state index in [0.29, 0.717) is 4.88 Å². The van der Waals surface area contributed by atoms with Crippen molar-refractivity contribution < 1.29 is 9.59 Å². The first kappa shape index (κ1) is 16.7.